The van der Waals surface area contributed by atoms with Crippen molar-refractivity contribution in [3.63, 3.8) is 0 Å². The van der Waals surface area contributed by atoms with Gasteiger partial charge < -0.3 is 61.0 Å². The number of nitrogens with two attached hydrogens (primary N) is 1. The molecule has 2 aliphatic carbocycles. The number of Topliss-reactive ketones (excluding diaryl/α,β-unsaturated/α-hetero) is 1. The third-order valence-electron chi connectivity index (χ3n) is 11.5. The molecule has 5 unspecified atom stereocenters. The maximum absolute atomic E-state index is 14.0. The van der Waals surface area contributed by atoms with Crippen molar-refractivity contribution in [3.8, 4) is 17.2 Å². The predicted molar refractivity (Wildman–Crippen MR) is 216 cm³/mol. The maximum Gasteiger partial charge on any atom is 0.243 e. The molecule has 2 fully saturated rings. The largest absolute Gasteiger partial charge is 0.507 e. The minimum atomic E-state index is -2.38. The second-order valence-corrected chi connectivity index (χ2v) is 16.8. The molecule has 336 valence electrons. The predicted octanol–water partition coefficient (Wildman–Crippen LogP) is -1.81. The van der Waals surface area contributed by atoms with Gasteiger partial charge in [0.2, 0.25) is 23.5 Å². The summed E-state index contributed by atoms with van der Waals surface area (Å²) in [4.78, 5) is 80.2. The van der Waals surface area contributed by atoms with Crippen LogP contribution in [-0.2, 0) is 35.1 Å². The van der Waals surface area contributed by atoms with Crippen LogP contribution < -0.4 is 21.1 Å². The van der Waals surface area contributed by atoms with Gasteiger partial charge in [-0.3, -0.25) is 39.0 Å². The van der Waals surface area contributed by atoms with Crippen LogP contribution in [0.1, 0.15) is 81.7 Å². The molecule has 2 saturated heterocycles. The highest BCUT2D eigenvalue weighted by Crippen LogP contribution is 2.52. The number of ether oxygens (including phenoxy) is 3. The van der Waals surface area contributed by atoms with E-state index in [-0.39, 0.29) is 72.1 Å². The van der Waals surface area contributed by atoms with Crippen LogP contribution in [0.25, 0.3) is 0 Å². The van der Waals surface area contributed by atoms with Crippen LogP contribution in [0.3, 0.4) is 0 Å². The number of rotatable bonds is 17. The topological polar surface area (TPSA) is 325 Å². The second-order valence-electron chi connectivity index (χ2n) is 15.5. The van der Waals surface area contributed by atoms with Crippen LogP contribution in [0.15, 0.2) is 30.4 Å². The first-order chi connectivity index (χ1) is 29.5. The van der Waals surface area contributed by atoms with E-state index < -0.39 is 131 Å². The van der Waals surface area contributed by atoms with Crippen LogP contribution in [0.5, 0.6) is 17.2 Å². The van der Waals surface area contributed by atoms with Gasteiger partial charge in [0.1, 0.15) is 29.5 Å². The molecule has 4 aliphatic rings. The fourth-order valence-electron chi connectivity index (χ4n) is 8.09. The number of hydrogen-bond donors (Lipinski definition) is 10. The molecule has 62 heavy (non-hydrogen) atoms. The average Bonchev–Trinajstić information content (AvgIpc) is 3.52. The lowest BCUT2D eigenvalue weighted by Crippen LogP contribution is -2.56. The number of ketones is 3. The highest BCUT2D eigenvalue weighted by molar-refractivity contribution is 8.00. The molecule has 2 aromatic rings. The standard InChI is InChI=1S/C41H50N4O16S/c1-18-35(52)22(44-17-45-29(51)12-26(40(45)57)62-10-8-28(50)43-9-4-6-23(48)21(42)15-46)11-30(60-18)61-25-14-41(58,27(49)16-47)13-20-32(25)39(56)34-33(37(20)54)36(53)19-5-3-7-24(59-2)31(19)38(34)55/h3-7,18,21-23,25-26,30,35,44,46-48,52,54,56,58H,8-17,42H2,1-2H3,(H,43,50)/b6-4+/t18?,21-,22?,23+,25-,26?,30?,35?,41-/m0/s1. The van der Waals surface area contributed by atoms with Crippen LogP contribution in [0.2, 0.25) is 0 Å². The number of imide groups is 1. The third kappa shape index (κ3) is 9.14. The van der Waals surface area contributed by atoms with Gasteiger partial charge >= 0.3 is 0 Å². The molecule has 6 rings (SSSR count). The maximum atomic E-state index is 14.0. The van der Waals surface area contributed by atoms with Crippen molar-refractivity contribution in [2.75, 3.05) is 39.3 Å². The van der Waals surface area contributed by atoms with Gasteiger partial charge in [-0.15, -0.1) is 11.8 Å². The summed E-state index contributed by atoms with van der Waals surface area (Å²) in [5, 5.41) is 79.5. The summed E-state index contributed by atoms with van der Waals surface area (Å²) in [5.41, 5.74) is 1.29. The van der Waals surface area contributed by atoms with Crippen molar-refractivity contribution in [3.05, 3.63) is 63.7 Å². The van der Waals surface area contributed by atoms with Gasteiger partial charge in [-0.1, -0.05) is 24.3 Å². The molecule has 9 atom stereocenters. The molecule has 2 heterocycles. The number of amides is 3. The van der Waals surface area contributed by atoms with Gasteiger partial charge in [0.15, 0.2) is 17.9 Å². The van der Waals surface area contributed by atoms with E-state index in [9.17, 15) is 59.4 Å². The van der Waals surface area contributed by atoms with Crippen molar-refractivity contribution in [1.29, 1.82) is 0 Å². The second kappa shape index (κ2) is 19.3. The first-order valence-corrected chi connectivity index (χ1v) is 20.9. The molecule has 0 spiro atoms. The Hall–Kier alpha value is -4.81. The van der Waals surface area contributed by atoms with Crippen LogP contribution >= 0.6 is 11.8 Å². The minimum absolute atomic E-state index is 0.0367. The summed E-state index contributed by atoms with van der Waals surface area (Å²) in [7, 11) is 1.29. The Morgan fingerprint density at radius 3 is 2.53 bits per heavy atom. The summed E-state index contributed by atoms with van der Waals surface area (Å²) in [5.74, 6) is -5.33. The number of aliphatic hydroxyl groups excluding tert-OH is 4. The number of hydrogen-bond acceptors (Lipinski definition) is 19. The smallest absolute Gasteiger partial charge is 0.243 e. The van der Waals surface area contributed by atoms with E-state index in [0.29, 0.717) is 0 Å². The van der Waals surface area contributed by atoms with Gasteiger partial charge in [0, 0.05) is 67.1 Å². The Morgan fingerprint density at radius 2 is 1.84 bits per heavy atom. The molecule has 0 aromatic heterocycles. The number of nitrogens with one attached hydrogen (secondary N) is 2. The van der Waals surface area contributed by atoms with Crippen molar-refractivity contribution in [2.45, 2.75) is 92.7 Å². The Balaban J connectivity index is 1.14. The Bertz CT molecular complexity index is 2150. The summed E-state index contributed by atoms with van der Waals surface area (Å²) in [6.07, 6.45) is -4.68. The molecular formula is C41H50N4O16S. The minimum Gasteiger partial charge on any atom is -0.507 e. The third-order valence-corrected chi connectivity index (χ3v) is 12.7. The number of thioether (sulfide) groups is 1. The van der Waals surface area contributed by atoms with Crippen LogP contribution in [-0.4, -0.2) is 163 Å². The Kier molecular flexibility index (Phi) is 14.5. The number of carbonyl (C=O) groups excluding carboxylic acids is 6. The van der Waals surface area contributed by atoms with E-state index in [1.165, 1.54) is 44.4 Å². The lowest BCUT2D eigenvalue weighted by Gasteiger charge is -2.43. The molecule has 2 aromatic carbocycles. The lowest BCUT2D eigenvalue weighted by atomic mass is 9.72. The number of phenolic OH excluding ortho intramolecular Hbond substituents is 2. The fraction of sp³-hybridized carbons (Fsp3) is 0.512. The number of fused-ring (bicyclic) bond motifs is 3. The average molecular weight is 887 g/mol. The Morgan fingerprint density at radius 1 is 1.11 bits per heavy atom. The molecule has 0 bridgehead atoms. The summed E-state index contributed by atoms with van der Waals surface area (Å²) < 4.78 is 17.5. The van der Waals surface area contributed by atoms with E-state index in [4.69, 9.17) is 25.1 Å². The zero-order chi connectivity index (χ0) is 45.2. The molecule has 3 amide bonds. The van der Waals surface area contributed by atoms with Crippen LogP contribution in [0, 0.1) is 0 Å². The highest BCUT2D eigenvalue weighted by Gasteiger charge is 2.50. The molecule has 21 heteroatoms. The van der Waals surface area contributed by atoms with Crippen molar-refractivity contribution in [1.82, 2.24) is 15.5 Å². The SMILES string of the molecule is COc1cccc2c1C(=O)c1c(O)c3c(c(O)c1C2=O)C[C@@](O)(C(=O)CO)C[C@@H]3OC1CC(NCN2C(=O)CC(SCCC(=O)NC/C=C/[C@@H](O)[C@@H](N)CO)C2=O)C(O)C(C)O1. The summed E-state index contributed by atoms with van der Waals surface area (Å²) in [6.45, 7) is -0.208. The van der Waals surface area contributed by atoms with Crippen molar-refractivity contribution >= 4 is 46.8 Å². The number of likely N-dealkylation sites (tertiary alicyclic amines) is 1. The normalized spacial score (nSPS) is 26.9. The molecule has 11 N–H and O–H groups in total. The number of carbonyl (C=O) groups is 6. The van der Waals surface area contributed by atoms with E-state index in [1.807, 2.05) is 0 Å². The number of methoxy groups -OCH3 is 1. The first-order valence-electron chi connectivity index (χ1n) is 19.9. The quantitative estimate of drug-likeness (QED) is 0.0406. The molecule has 20 nitrogen and oxygen atoms in total. The molecule has 0 saturated carbocycles. The zero-order valence-corrected chi connectivity index (χ0v) is 34.6. The fourth-order valence-corrected chi connectivity index (χ4v) is 9.21. The number of nitrogens with zero attached hydrogens (tertiary/aromatic N) is 1. The lowest BCUT2D eigenvalue weighted by molar-refractivity contribution is -0.250. The molecule has 0 radical (unpaired) electrons. The van der Waals surface area contributed by atoms with Gasteiger partial charge in [0.25, 0.3) is 0 Å². The van der Waals surface area contributed by atoms with Crippen molar-refractivity contribution in [2.24, 2.45) is 5.73 Å². The number of aliphatic hydroxyl groups is 5. The van der Waals surface area contributed by atoms with Gasteiger partial charge in [-0.2, -0.15) is 0 Å². The zero-order valence-electron chi connectivity index (χ0n) is 33.8. The van der Waals surface area contributed by atoms with Crippen LogP contribution in [0.4, 0.5) is 0 Å². The number of benzene rings is 2. The van der Waals surface area contributed by atoms with Gasteiger partial charge in [0.05, 0.1) is 72.8 Å². The summed E-state index contributed by atoms with van der Waals surface area (Å²) in [6, 6.07) is 2.53. The monoisotopic (exact) mass is 886 g/mol. The first kappa shape index (κ1) is 46.7. The number of phenols is 2. The molecule has 2 aliphatic heterocycles. The van der Waals surface area contributed by atoms with E-state index in [1.54, 1.807) is 0 Å². The van der Waals surface area contributed by atoms with E-state index >= 15 is 0 Å². The summed E-state index contributed by atoms with van der Waals surface area (Å²) >= 11 is 1.13. The number of aromatic hydroxyl groups is 2. The highest BCUT2D eigenvalue weighted by atomic mass is 32.2. The molecular weight excluding hydrogens is 837 g/mol. The van der Waals surface area contributed by atoms with Gasteiger partial charge in [-0.25, -0.2) is 0 Å². The Labute approximate surface area is 359 Å². The van der Waals surface area contributed by atoms with Crippen molar-refractivity contribution < 1.29 is 78.7 Å². The van der Waals surface area contributed by atoms with Gasteiger partial charge in [-0.05, 0) is 13.0 Å². The van der Waals surface area contributed by atoms with E-state index in [0.717, 1.165) is 16.7 Å². The van der Waals surface area contributed by atoms with E-state index in [2.05, 4.69) is 10.6 Å².